The number of amides is 1. The van der Waals surface area contributed by atoms with Gasteiger partial charge in [0.15, 0.2) is 0 Å². The second kappa shape index (κ2) is 8.25. The summed E-state index contributed by atoms with van der Waals surface area (Å²) in [6, 6.07) is 13.4. The molecule has 2 aromatic rings. The number of carbonyl (C=O) groups is 1. The van der Waals surface area contributed by atoms with Gasteiger partial charge < -0.3 is 19.9 Å². The Labute approximate surface area is 170 Å². The lowest BCUT2D eigenvalue weighted by molar-refractivity contribution is -0.113. The fourth-order valence-electron chi connectivity index (χ4n) is 3.57. The molecule has 0 radical (unpaired) electrons. The Hall–Kier alpha value is -2.50. The first-order valence-corrected chi connectivity index (χ1v) is 10.0. The lowest BCUT2D eigenvalue weighted by Gasteiger charge is -2.35. The molecule has 0 saturated carbocycles. The summed E-state index contributed by atoms with van der Waals surface area (Å²) in [4.78, 5) is 17.4. The molecule has 1 N–H and O–H groups in total. The predicted molar refractivity (Wildman–Crippen MR) is 114 cm³/mol. The molecule has 0 atom stereocenters. The van der Waals surface area contributed by atoms with Crippen molar-refractivity contribution in [2.75, 3.05) is 49.5 Å². The zero-order valence-corrected chi connectivity index (χ0v) is 16.7. The van der Waals surface area contributed by atoms with Crippen molar-refractivity contribution in [2.24, 2.45) is 0 Å². The standard InChI is InChI=1S/C22H24ClN3O2/c1-2-25-9-11-26(12-10-25)20-6-4-19(5-7-20)24-22(27)17-13-16-14-18(23)3-8-21(16)28-15-17/h3-8,13-14H,2,9-12,15H2,1H3,(H,24,27). The maximum atomic E-state index is 12.6. The largest absolute Gasteiger partial charge is 0.488 e. The van der Waals surface area contributed by atoms with E-state index in [4.69, 9.17) is 16.3 Å². The fourth-order valence-corrected chi connectivity index (χ4v) is 3.75. The summed E-state index contributed by atoms with van der Waals surface area (Å²) in [6.07, 6.45) is 1.83. The number of ether oxygens (including phenoxy) is 1. The monoisotopic (exact) mass is 397 g/mol. The number of nitrogens with zero attached hydrogens (tertiary/aromatic N) is 2. The van der Waals surface area contributed by atoms with Crippen LogP contribution in [0.15, 0.2) is 48.0 Å². The van der Waals surface area contributed by atoms with Crippen molar-refractivity contribution in [2.45, 2.75) is 6.92 Å². The van der Waals surface area contributed by atoms with Crippen LogP contribution in [-0.4, -0.2) is 50.1 Å². The van der Waals surface area contributed by atoms with E-state index < -0.39 is 0 Å². The molecule has 2 aliphatic heterocycles. The van der Waals surface area contributed by atoms with Gasteiger partial charge in [0.05, 0.1) is 5.57 Å². The minimum absolute atomic E-state index is 0.157. The molecule has 4 rings (SSSR count). The minimum atomic E-state index is -0.157. The maximum absolute atomic E-state index is 12.6. The Morgan fingerprint density at radius 1 is 1.11 bits per heavy atom. The van der Waals surface area contributed by atoms with Crippen LogP contribution >= 0.6 is 11.6 Å². The smallest absolute Gasteiger partial charge is 0.255 e. The van der Waals surface area contributed by atoms with E-state index >= 15 is 0 Å². The van der Waals surface area contributed by atoms with Crippen LogP contribution in [0.25, 0.3) is 6.08 Å². The Bertz CT molecular complexity index is 887. The zero-order chi connectivity index (χ0) is 19.5. The van der Waals surface area contributed by atoms with Crippen LogP contribution in [-0.2, 0) is 4.79 Å². The second-order valence-corrected chi connectivity index (χ2v) is 7.50. The van der Waals surface area contributed by atoms with Crippen molar-refractivity contribution in [3.63, 3.8) is 0 Å². The van der Waals surface area contributed by atoms with E-state index in [-0.39, 0.29) is 12.5 Å². The summed E-state index contributed by atoms with van der Waals surface area (Å²) in [6.45, 7) is 7.81. The van der Waals surface area contributed by atoms with Gasteiger partial charge in [0.2, 0.25) is 0 Å². The number of benzene rings is 2. The summed E-state index contributed by atoms with van der Waals surface area (Å²) < 4.78 is 5.67. The molecule has 0 unspecified atom stereocenters. The van der Waals surface area contributed by atoms with Crippen LogP contribution in [0.3, 0.4) is 0 Å². The van der Waals surface area contributed by atoms with Gasteiger partial charge >= 0.3 is 0 Å². The number of rotatable bonds is 4. The van der Waals surface area contributed by atoms with Crippen LogP contribution in [0.2, 0.25) is 5.02 Å². The summed E-state index contributed by atoms with van der Waals surface area (Å²) in [5.74, 6) is 0.586. The summed E-state index contributed by atoms with van der Waals surface area (Å²) in [5.41, 5.74) is 3.37. The van der Waals surface area contributed by atoms with Gasteiger partial charge in [-0.2, -0.15) is 0 Å². The molecule has 2 heterocycles. The highest BCUT2D eigenvalue weighted by molar-refractivity contribution is 6.30. The molecule has 0 aliphatic carbocycles. The van der Waals surface area contributed by atoms with Crippen LogP contribution in [0.4, 0.5) is 11.4 Å². The van der Waals surface area contributed by atoms with Gasteiger partial charge in [-0.1, -0.05) is 18.5 Å². The topological polar surface area (TPSA) is 44.8 Å². The van der Waals surface area contributed by atoms with Gasteiger partial charge in [0, 0.05) is 48.1 Å². The lowest BCUT2D eigenvalue weighted by Crippen LogP contribution is -2.46. The third-order valence-electron chi connectivity index (χ3n) is 5.29. The van der Waals surface area contributed by atoms with E-state index in [1.54, 1.807) is 12.1 Å². The molecule has 6 heteroatoms. The number of hydrogen-bond acceptors (Lipinski definition) is 4. The fraction of sp³-hybridized carbons (Fsp3) is 0.318. The minimum Gasteiger partial charge on any atom is -0.488 e. The van der Waals surface area contributed by atoms with Gasteiger partial charge in [-0.3, -0.25) is 4.79 Å². The molecule has 0 aromatic heterocycles. The van der Waals surface area contributed by atoms with Crippen LogP contribution in [0.1, 0.15) is 12.5 Å². The van der Waals surface area contributed by atoms with E-state index in [0.717, 1.165) is 49.7 Å². The van der Waals surface area contributed by atoms with E-state index in [0.29, 0.717) is 10.6 Å². The van der Waals surface area contributed by atoms with E-state index in [1.165, 1.54) is 5.69 Å². The van der Waals surface area contributed by atoms with Crippen LogP contribution in [0, 0.1) is 0 Å². The normalized spacial score (nSPS) is 16.8. The first-order chi connectivity index (χ1) is 13.6. The second-order valence-electron chi connectivity index (χ2n) is 7.06. The van der Waals surface area contributed by atoms with Gasteiger partial charge in [-0.05, 0) is 55.1 Å². The van der Waals surface area contributed by atoms with Gasteiger partial charge in [0.1, 0.15) is 12.4 Å². The van der Waals surface area contributed by atoms with Crippen LogP contribution in [0.5, 0.6) is 5.75 Å². The van der Waals surface area contributed by atoms with Crippen molar-refractivity contribution in [1.82, 2.24) is 4.90 Å². The predicted octanol–water partition coefficient (Wildman–Crippen LogP) is 3.90. The first kappa shape index (κ1) is 18.8. The Kier molecular flexibility index (Phi) is 5.55. The van der Waals surface area contributed by atoms with Gasteiger partial charge in [-0.15, -0.1) is 0 Å². The number of nitrogens with one attached hydrogen (secondary N) is 1. The van der Waals surface area contributed by atoms with Crippen LogP contribution < -0.4 is 15.0 Å². The van der Waals surface area contributed by atoms with Crippen molar-refractivity contribution in [3.05, 3.63) is 58.6 Å². The molecular formula is C22H24ClN3O2. The summed E-state index contributed by atoms with van der Waals surface area (Å²) in [5, 5.41) is 3.58. The summed E-state index contributed by atoms with van der Waals surface area (Å²) >= 11 is 6.04. The van der Waals surface area contributed by atoms with Crippen molar-refractivity contribution in [3.8, 4) is 5.75 Å². The Balaban J connectivity index is 1.40. The molecule has 5 nitrogen and oxygen atoms in total. The van der Waals surface area contributed by atoms with E-state index in [2.05, 4.69) is 34.2 Å². The number of hydrogen-bond donors (Lipinski definition) is 1. The maximum Gasteiger partial charge on any atom is 0.255 e. The first-order valence-electron chi connectivity index (χ1n) is 9.64. The number of anilines is 2. The van der Waals surface area contributed by atoms with E-state index in [9.17, 15) is 4.79 Å². The zero-order valence-electron chi connectivity index (χ0n) is 16.0. The molecule has 1 amide bonds. The third kappa shape index (κ3) is 4.16. The van der Waals surface area contributed by atoms with Gasteiger partial charge in [0.25, 0.3) is 5.91 Å². The lowest BCUT2D eigenvalue weighted by atomic mass is 10.1. The highest BCUT2D eigenvalue weighted by atomic mass is 35.5. The molecule has 0 bridgehead atoms. The average molecular weight is 398 g/mol. The number of fused-ring (bicyclic) bond motifs is 1. The molecule has 146 valence electrons. The molecule has 0 spiro atoms. The third-order valence-corrected chi connectivity index (χ3v) is 5.52. The van der Waals surface area contributed by atoms with Crippen molar-refractivity contribution in [1.29, 1.82) is 0 Å². The number of piperazine rings is 1. The number of likely N-dealkylation sites (N-methyl/N-ethyl adjacent to an activating group) is 1. The number of halogens is 1. The molecule has 1 fully saturated rings. The molecule has 2 aromatic carbocycles. The molecule has 28 heavy (non-hydrogen) atoms. The SMILES string of the molecule is CCN1CCN(c2ccc(NC(=O)C3=Cc4cc(Cl)ccc4OC3)cc2)CC1. The summed E-state index contributed by atoms with van der Waals surface area (Å²) in [7, 11) is 0. The van der Waals surface area contributed by atoms with E-state index in [1.807, 2.05) is 24.3 Å². The van der Waals surface area contributed by atoms with Crippen molar-refractivity contribution >= 4 is 35.0 Å². The molecule has 1 saturated heterocycles. The quantitative estimate of drug-likeness (QED) is 0.849. The van der Waals surface area contributed by atoms with Crippen molar-refractivity contribution < 1.29 is 9.53 Å². The van der Waals surface area contributed by atoms with Gasteiger partial charge in [-0.25, -0.2) is 0 Å². The highest BCUT2D eigenvalue weighted by Gasteiger charge is 2.18. The average Bonchev–Trinajstić information content (AvgIpc) is 2.74. The molecule has 2 aliphatic rings. The Morgan fingerprint density at radius 3 is 2.57 bits per heavy atom. The Morgan fingerprint density at radius 2 is 1.86 bits per heavy atom. The highest BCUT2D eigenvalue weighted by Crippen LogP contribution is 2.29. The molecular weight excluding hydrogens is 374 g/mol. The number of carbonyl (C=O) groups excluding carboxylic acids is 1.